The number of ether oxygens (including phenoxy) is 1. The van der Waals surface area contributed by atoms with Gasteiger partial charge in [0.2, 0.25) is 0 Å². The number of likely N-dealkylation sites (tertiary alicyclic amines) is 1. The molecule has 0 bridgehead atoms. The van der Waals surface area contributed by atoms with Crippen LogP contribution in [0.1, 0.15) is 49.7 Å². The monoisotopic (exact) mass is 419 g/mol. The SMILES string of the molecule is COc1ccc(Cn2nnnc2[C@@H](C(C)C)N2CCC(Cc3ccccc3)CC2)cc1. The quantitative estimate of drug-likeness (QED) is 0.542. The van der Waals surface area contributed by atoms with Gasteiger partial charge in [-0.15, -0.1) is 5.10 Å². The van der Waals surface area contributed by atoms with Gasteiger partial charge in [-0.3, -0.25) is 4.90 Å². The number of benzene rings is 2. The second-order valence-corrected chi connectivity index (χ2v) is 8.90. The van der Waals surface area contributed by atoms with E-state index in [2.05, 4.69) is 76.7 Å². The molecular weight excluding hydrogens is 386 g/mol. The van der Waals surface area contributed by atoms with E-state index >= 15 is 0 Å². The highest BCUT2D eigenvalue weighted by Crippen LogP contribution is 2.32. The molecule has 4 rings (SSSR count). The van der Waals surface area contributed by atoms with E-state index in [0.717, 1.165) is 30.6 Å². The fourth-order valence-corrected chi connectivity index (χ4v) is 4.71. The third-order valence-corrected chi connectivity index (χ3v) is 6.36. The summed E-state index contributed by atoms with van der Waals surface area (Å²) in [6.07, 6.45) is 3.62. The molecule has 1 aliphatic rings. The molecular formula is C25H33N5O. The Morgan fingerprint density at radius 3 is 2.32 bits per heavy atom. The number of methoxy groups -OCH3 is 1. The molecule has 0 aliphatic carbocycles. The van der Waals surface area contributed by atoms with Gasteiger partial charge < -0.3 is 4.74 Å². The van der Waals surface area contributed by atoms with Gasteiger partial charge in [0.25, 0.3) is 0 Å². The minimum absolute atomic E-state index is 0.228. The summed E-state index contributed by atoms with van der Waals surface area (Å²) in [7, 11) is 1.69. The summed E-state index contributed by atoms with van der Waals surface area (Å²) in [4.78, 5) is 2.59. The Balaban J connectivity index is 1.43. The van der Waals surface area contributed by atoms with E-state index in [1.165, 1.54) is 30.4 Å². The van der Waals surface area contributed by atoms with Crippen LogP contribution in [0.4, 0.5) is 0 Å². The summed E-state index contributed by atoms with van der Waals surface area (Å²) in [6, 6.07) is 19.2. The predicted molar refractivity (Wildman–Crippen MR) is 122 cm³/mol. The van der Waals surface area contributed by atoms with Crippen LogP contribution >= 0.6 is 0 Å². The molecule has 164 valence electrons. The lowest BCUT2D eigenvalue weighted by molar-refractivity contribution is 0.0954. The molecule has 6 heteroatoms. The van der Waals surface area contributed by atoms with E-state index in [1.807, 2.05) is 16.8 Å². The molecule has 1 aromatic heterocycles. The lowest BCUT2D eigenvalue weighted by atomic mass is 9.88. The first-order valence-corrected chi connectivity index (χ1v) is 11.3. The molecule has 0 unspecified atom stereocenters. The van der Waals surface area contributed by atoms with Gasteiger partial charge in [-0.25, -0.2) is 4.68 Å². The number of tetrazole rings is 1. The van der Waals surface area contributed by atoms with Gasteiger partial charge in [-0.1, -0.05) is 56.3 Å². The van der Waals surface area contributed by atoms with E-state index in [1.54, 1.807) is 7.11 Å². The fraction of sp³-hybridized carbons (Fsp3) is 0.480. The smallest absolute Gasteiger partial charge is 0.169 e. The Morgan fingerprint density at radius 2 is 1.68 bits per heavy atom. The normalized spacial score (nSPS) is 16.5. The molecule has 1 atom stereocenters. The van der Waals surface area contributed by atoms with Gasteiger partial charge in [0.1, 0.15) is 5.75 Å². The highest BCUT2D eigenvalue weighted by Gasteiger charge is 2.32. The largest absolute Gasteiger partial charge is 0.497 e. The van der Waals surface area contributed by atoms with Crippen molar-refractivity contribution in [3.8, 4) is 5.75 Å². The van der Waals surface area contributed by atoms with Crippen LogP contribution in [0, 0.1) is 11.8 Å². The van der Waals surface area contributed by atoms with E-state index in [4.69, 9.17) is 4.74 Å². The molecule has 0 N–H and O–H groups in total. The minimum Gasteiger partial charge on any atom is -0.497 e. The second-order valence-electron chi connectivity index (χ2n) is 8.90. The summed E-state index contributed by atoms with van der Waals surface area (Å²) in [5.74, 6) is 3.01. The average Bonchev–Trinajstić information content (AvgIpc) is 3.23. The van der Waals surface area contributed by atoms with Gasteiger partial charge in [-0.2, -0.15) is 0 Å². The van der Waals surface area contributed by atoms with Gasteiger partial charge in [-0.05, 0) is 77.9 Å². The molecule has 2 heterocycles. The first-order valence-electron chi connectivity index (χ1n) is 11.3. The zero-order chi connectivity index (χ0) is 21.6. The van der Waals surface area contributed by atoms with Crippen molar-refractivity contribution in [2.24, 2.45) is 11.8 Å². The molecule has 1 fully saturated rings. The average molecular weight is 420 g/mol. The van der Waals surface area contributed by atoms with Crippen molar-refractivity contribution in [3.05, 3.63) is 71.5 Å². The Morgan fingerprint density at radius 1 is 0.968 bits per heavy atom. The van der Waals surface area contributed by atoms with Crippen LogP contribution in [0.2, 0.25) is 0 Å². The Labute approximate surface area is 185 Å². The molecule has 1 aliphatic heterocycles. The van der Waals surface area contributed by atoms with Crippen LogP contribution in [0.5, 0.6) is 5.75 Å². The van der Waals surface area contributed by atoms with Crippen molar-refractivity contribution in [3.63, 3.8) is 0 Å². The molecule has 0 amide bonds. The number of hydrogen-bond donors (Lipinski definition) is 0. The summed E-state index contributed by atoms with van der Waals surface area (Å²) < 4.78 is 7.23. The fourth-order valence-electron chi connectivity index (χ4n) is 4.71. The molecule has 31 heavy (non-hydrogen) atoms. The maximum Gasteiger partial charge on any atom is 0.169 e. The Kier molecular flexibility index (Phi) is 6.97. The maximum atomic E-state index is 5.27. The molecule has 3 aromatic rings. The first kappa shape index (κ1) is 21.5. The number of aromatic nitrogens is 4. The molecule has 1 saturated heterocycles. The third kappa shape index (κ3) is 5.31. The highest BCUT2D eigenvalue weighted by molar-refractivity contribution is 5.27. The molecule has 0 saturated carbocycles. The first-order chi connectivity index (χ1) is 15.1. The van der Waals surface area contributed by atoms with Gasteiger partial charge in [0.15, 0.2) is 5.82 Å². The van der Waals surface area contributed by atoms with Crippen molar-refractivity contribution < 1.29 is 4.74 Å². The standard InChI is InChI=1S/C25H33N5O/c1-19(2)24(29-15-13-21(14-16-29)17-20-7-5-4-6-8-20)25-26-27-28-30(25)18-22-9-11-23(31-3)12-10-22/h4-12,19,21,24H,13-18H2,1-3H3/t24-/m1/s1. The summed E-state index contributed by atoms with van der Waals surface area (Å²) in [6.45, 7) is 7.39. The third-order valence-electron chi connectivity index (χ3n) is 6.36. The van der Waals surface area contributed by atoms with Crippen molar-refractivity contribution in [1.82, 2.24) is 25.1 Å². The van der Waals surface area contributed by atoms with Crippen LogP contribution in [-0.2, 0) is 13.0 Å². The van der Waals surface area contributed by atoms with E-state index in [0.29, 0.717) is 12.5 Å². The molecule has 6 nitrogen and oxygen atoms in total. The van der Waals surface area contributed by atoms with Gasteiger partial charge in [0.05, 0.1) is 19.7 Å². The highest BCUT2D eigenvalue weighted by atomic mass is 16.5. The van der Waals surface area contributed by atoms with Crippen LogP contribution in [-0.4, -0.2) is 45.3 Å². The Hall–Kier alpha value is -2.73. The summed E-state index contributed by atoms with van der Waals surface area (Å²) >= 11 is 0. The zero-order valence-corrected chi connectivity index (χ0v) is 18.8. The summed E-state index contributed by atoms with van der Waals surface area (Å²) in [5, 5.41) is 12.8. The van der Waals surface area contributed by atoms with Crippen molar-refractivity contribution in [2.75, 3.05) is 20.2 Å². The Bertz CT molecular complexity index is 930. The topological polar surface area (TPSA) is 56.1 Å². The lowest BCUT2D eigenvalue weighted by Crippen LogP contribution is -2.40. The number of hydrogen-bond acceptors (Lipinski definition) is 5. The van der Waals surface area contributed by atoms with Gasteiger partial charge >= 0.3 is 0 Å². The number of nitrogens with zero attached hydrogens (tertiary/aromatic N) is 5. The van der Waals surface area contributed by atoms with E-state index in [9.17, 15) is 0 Å². The van der Waals surface area contributed by atoms with Crippen molar-refractivity contribution >= 4 is 0 Å². The number of rotatable bonds is 8. The summed E-state index contributed by atoms with van der Waals surface area (Å²) in [5.41, 5.74) is 2.61. The minimum atomic E-state index is 0.228. The van der Waals surface area contributed by atoms with Crippen LogP contribution < -0.4 is 4.74 Å². The molecule has 0 spiro atoms. The predicted octanol–water partition coefficient (Wildman–Crippen LogP) is 4.38. The second kappa shape index (κ2) is 10.1. The van der Waals surface area contributed by atoms with Crippen LogP contribution in [0.15, 0.2) is 54.6 Å². The van der Waals surface area contributed by atoms with Gasteiger partial charge in [0, 0.05) is 0 Å². The van der Waals surface area contributed by atoms with E-state index < -0.39 is 0 Å². The lowest BCUT2D eigenvalue weighted by Gasteiger charge is -2.38. The van der Waals surface area contributed by atoms with Crippen LogP contribution in [0.3, 0.4) is 0 Å². The zero-order valence-electron chi connectivity index (χ0n) is 18.8. The molecule has 2 aromatic carbocycles. The maximum absolute atomic E-state index is 5.27. The van der Waals surface area contributed by atoms with Crippen molar-refractivity contribution in [2.45, 2.75) is 45.7 Å². The van der Waals surface area contributed by atoms with E-state index in [-0.39, 0.29) is 6.04 Å². The van der Waals surface area contributed by atoms with Crippen molar-refractivity contribution in [1.29, 1.82) is 0 Å². The number of piperidine rings is 1. The molecule has 0 radical (unpaired) electrons. The van der Waals surface area contributed by atoms with Crippen LogP contribution in [0.25, 0.3) is 0 Å².